The second-order valence-electron chi connectivity index (χ2n) is 3.58. The third-order valence-corrected chi connectivity index (χ3v) is 2.66. The summed E-state index contributed by atoms with van der Waals surface area (Å²) in [5.74, 6) is -0.534. The van der Waals surface area contributed by atoms with Gasteiger partial charge in [0.2, 0.25) is 0 Å². The van der Waals surface area contributed by atoms with Crippen LogP contribution in [0.4, 0.5) is 9.57 Å². The van der Waals surface area contributed by atoms with Crippen molar-refractivity contribution in [1.29, 1.82) is 0 Å². The Morgan fingerprint density at radius 3 is 1.67 bits per heavy atom. The van der Waals surface area contributed by atoms with Gasteiger partial charge in [-0.15, -0.1) is 3.89 Å². The Labute approximate surface area is 106 Å². The van der Waals surface area contributed by atoms with E-state index >= 15 is 0 Å². The summed E-state index contributed by atoms with van der Waals surface area (Å²) in [5.41, 5.74) is 6.65. The fourth-order valence-corrected chi connectivity index (χ4v) is 1.82. The van der Waals surface area contributed by atoms with Gasteiger partial charge in [0, 0.05) is 5.69 Å². The molecule has 0 radical (unpaired) electrons. The number of hydrogen-bond donors (Lipinski definition) is 1. The molecule has 2 aromatic rings. The van der Waals surface area contributed by atoms with E-state index in [4.69, 9.17) is 5.73 Å². The fraction of sp³-hybridized carbons (Fsp3) is 0.0769. The van der Waals surface area contributed by atoms with E-state index in [1.54, 1.807) is 30.3 Å². The maximum Gasteiger partial charge on any atom is 0.306 e. The minimum atomic E-state index is -4.38. The lowest BCUT2D eigenvalue weighted by molar-refractivity contribution is 0.551. The number of benzene rings is 2. The second kappa shape index (κ2) is 6.76. The zero-order valence-corrected chi connectivity index (χ0v) is 10.5. The maximum absolute atomic E-state index is 12.0. The Morgan fingerprint density at radius 1 is 0.889 bits per heavy atom. The summed E-state index contributed by atoms with van der Waals surface area (Å²) in [6.07, 6.45) is 0. The van der Waals surface area contributed by atoms with Gasteiger partial charge in [-0.05, 0) is 17.7 Å². The predicted molar refractivity (Wildman–Crippen MR) is 71.0 cm³/mol. The lowest BCUT2D eigenvalue weighted by atomic mass is 10.2. The summed E-state index contributed by atoms with van der Waals surface area (Å²) in [6.45, 7) is 0. The molecule has 0 heterocycles. The lowest BCUT2D eigenvalue weighted by Gasteiger charge is -1.93. The van der Waals surface area contributed by atoms with Crippen molar-refractivity contribution in [2.45, 2.75) is 5.75 Å². The third-order valence-electron chi connectivity index (χ3n) is 1.98. The van der Waals surface area contributed by atoms with Crippen molar-refractivity contribution in [3.05, 3.63) is 66.2 Å². The van der Waals surface area contributed by atoms with Crippen LogP contribution in [0.2, 0.25) is 0 Å². The molecule has 0 saturated carbocycles. The monoisotopic (exact) mass is 267 g/mol. The number of nitrogen functional groups attached to an aromatic ring is 1. The highest BCUT2D eigenvalue weighted by molar-refractivity contribution is 7.85. The van der Waals surface area contributed by atoms with Crippen LogP contribution >= 0.6 is 0 Å². The molecular formula is C13H14FNO2S. The number of para-hydroxylation sites is 1. The van der Waals surface area contributed by atoms with Crippen molar-refractivity contribution < 1.29 is 12.3 Å². The molecule has 96 valence electrons. The van der Waals surface area contributed by atoms with Crippen LogP contribution in [0, 0.1) is 0 Å². The van der Waals surface area contributed by atoms with Gasteiger partial charge in [-0.25, -0.2) is 0 Å². The van der Waals surface area contributed by atoms with Crippen molar-refractivity contribution >= 4 is 15.9 Å². The van der Waals surface area contributed by atoms with Gasteiger partial charge in [0.15, 0.2) is 0 Å². The molecule has 0 saturated heterocycles. The molecule has 2 aromatic carbocycles. The summed E-state index contributed by atoms with van der Waals surface area (Å²) in [4.78, 5) is 0. The average Bonchev–Trinajstić information content (AvgIpc) is 2.30. The Hall–Kier alpha value is -1.88. The Balaban J connectivity index is 0.000000199. The van der Waals surface area contributed by atoms with Crippen molar-refractivity contribution in [2.75, 3.05) is 5.73 Å². The molecule has 18 heavy (non-hydrogen) atoms. The Kier molecular flexibility index (Phi) is 5.32. The van der Waals surface area contributed by atoms with Gasteiger partial charge < -0.3 is 5.73 Å². The van der Waals surface area contributed by atoms with Gasteiger partial charge in [-0.2, -0.15) is 8.42 Å². The summed E-state index contributed by atoms with van der Waals surface area (Å²) < 4.78 is 32.3. The van der Waals surface area contributed by atoms with Crippen LogP contribution in [-0.4, -0.2) is 8.42 Å². The lowest BCUT2D eigenvalue weighted by Crippen LogP contribution is -1.94. The largest absolute Gasteiger partial charge is 0.399 e. The van der Waals surface area contributed by atoms with Crippen molar-refractivity contribution in [1.82, 2.24) is 0 Å². The molecule has 5 heteroatoms. The summed E-state index contributed by atoms with van der Waals surface area (Å²) in [6, 6.07) is 17.7. The molecule has 0 unspecified atom stereocenters. The van der Waals surface area contributed by atoms with Gasteiger partial charge in [0.1, 0.15) is 5.75 Å². The predicted octanol–water partition coefficient (Wildman–Crippen LogP) is 2.75. The normalized spacial score (nSPS) is 10.3. The quantitative estimate of drug-likeness (QED) is 0.672. The number of rotatable bonds is 2. The molecule has 0 atom stereocenters. The zero-order valence-electron chi connectivity index (χ0n) is 9.66. The minimum Gasteiger partial charge on any atom is -0.399 e. The molecule has 3 nitrogen and oxygen atoms in total. The number of halogens is 1. The molecular weight excluding hydrogens is 253 g/mol. The van der Waals surface area contributed by atoms with Crippen LogP contribution in [0.1, 0.15) is 5.56 Å². The van der Waals surface area contributed by atoms with Crippen LogP contribution in [0.25, 0.3) is 0 Å². The van der Waals surface area contributed by atoms with E-state index in [0.29, 0.717) is 5.56 Å². The topological polar surface area (TPSA) is 60.2 Å². The molecule has 0 aliphatic carbocycles. The number of hydrogen-bond acceptors (Lipinski definition) is 3. The van der Waals surface area contributed by atoms with E-state index in [1.807, 2.05) is 30.3 Å². The van der Waals surface area contributed by atoms with E-state index in [9.17, 15) is 12.3 Å². The van der Waals surface area contributed by atoms with Gasteiger partial charge in [0.05, 0.1) is 0 Å². The van der Waals surface area contributed by atoms with Crippen LogP contribution in [0.5, 0.6) is 0 Å². The molecule has 0 bridgehead atoms. The van der Waals surface area contributed by atoms with E-state index in [-0.39, 0.29) is 0 Å². The summed E-state index contributed by atoms with van der Waals surface area (Å²) in [5, 5.41) is 0. The van der Waals surface area contributed by atoms with Crippen LogP contribution in [0.3, 0.4) is 0 Å². The highest BCUT2D eigenvalue weighted by Gasteiger charge is 2.06. The molecule has 0 aromatic heterocycles. The van der Waals surface area contributed by atoms with Gasteiger partial charge in [-0.3, -0.25) is 0 Å². The summed E-state index contributed by atoms with van der Waals surface area (Å²) in [7, 11) is -4.38. The third kappa shape index (κ3) is 6.65. The molecule has 2 N–H and O–H groups in total. The second-order valence-corrected chi connectivity index (χ2v) is 4.95. The smallest absolute Gasteiger partial charge is 0.306 e. The molecule has 0 spiro atoms. The van der Waals surface area contributed by atoms with Crippen molar-refractivity contribution in [2.24, 2.45) is 0 Å². The van der Waals surface area contributed by atoms with E-state index in [1.165, 1.54) is 0 Å². The molecule has 2 rings (SSSR count). The zero-order chi connectivity index (χ0) is 13.4. The number of anilines is 1. The first kappa shape index (κ1) is 14.2. The Morgan fingerprint density at radius 2 is 1.33 bits per heavy atom. The number of nitrogens with two attached hydrogens (primary N) is 1. The average molecular weight is 267 g/mol. The van der Waals surface area contributed by atoms with Crippen LogP contribution < -0.4 is 5.73 Å². The van der Waals surface area contributed by atoms with E-state index < -0.39 is 16.0 Å². The molecule has 0 amide bonds. The van der Waals surface area contributed by atoms with Crippen LogP contribution in [-0.2, 0) is 16.0 Å². The first-order chi connectivity index (χ1) is 8.47. The fourth-order valence-electron chi connectivity index (χ4n) is 1.23. The highest BCUT2D eigenvalue weighted by Crippen LogP contribution is 2.05. The van der Waals surface area contributed by atoms with Crippen molar-refractivity contribution in [3.8, 4) is 0 Å². The molecule has 0 aliphatic heterocycles. The summed E-state index contributed by atoms with van der Waals surface area (Å²) >= 11 is 0. The first-order valence-corrected chi connectivity index (χ1v) is 6.79. The highest BCUT2D eigenvalue weighted by atomic mass is 32.3. The van der Waals surface area contributed by atoms with E-state index in [0.717, 1.165) is 5.69 Å². The van der Waals surface area contributed by atoms with Gasteiger partial charge >= 0.3 is 10.2 Å². The van der Waals surface area contributed by atoms with Gasteiger partial charge in [0.25, 0.3) is 0 Å². The molecule has 0 fully saturated rings. The van der Waals surface area contributed by atoms with Gasteiger partial charge in [-0.1, -0.05) is 48.5 Å². The Bertz CT molecular complexity index is 556. The van der Waals surface area contributed by atoms with Crippen LogP contribution in [0.15, 0.2) is 60.7 Å². The SMILES string of the molecule is Nc1ccccc1.O=S(=O)(F)Cc1ccccc1. The van der Waals surface area contributed by atoms with Crippen molar-refractivity contribution in [3.63, 3.8) is 0 Å². The van der Waals surface area contributed by atoms with E-state index in [2.05, 4.69) is 0 Å². The molecule has 0 aliphatic rings. The maximum atomic E-state index is 12.0. The minimum absolute atomic E-state index is 0.468. The first-order valence-electron chi connectivity index (χ1n) is 5.24. The standard InChI is InChI=1S/C7H7FO2S.C6H7N/c8-11(9,10)6-7-4-2-1-3-5-7;7-6-4-2-1-3-5-6/h1-5H,6H2;1-5H,7H2.